The van der Waals surface area contributed by atoms with Crippen LogP contribution in [-0.2, 0) is 0 Å². The minimum atomic E-state index is 0.655. The third-order valence-corrected chi connectivity index (χ3v) is 2.84. The van der Waals surface area contributed by atoms with Crippen molar-refractivity contribution in [3.8, 4) is 6.19 Å². The van der Waals surface area contributed by atoms with Gasteiger partial charge in [-0.1, -0.05) is 23.9 Å². The van der Waals surface area contributed by atoms with E-state index in [1.54, 1.807) is 0 Å². The van der Waals surface area contributed by atoms with Crippen LogP contribution < -0.4 is 5.32 Å². The van der Waals surface area contributed by atoms with Gasteiger partial charge in [-0.2, -0.15) is 5.26 Å². The molecule has 0 aromatic carbocycles. The van der Waals surface area contributed by atoms with E-state index in [0.29, 0.717) is 5.92 Å². The van der Waals surface area contributed by atoms with Crippen molar-refractivity contribution in [1.82, 2.24) is 5.32 Å². The number of rotatable bonds is 2. The number of hydrogen-bond acceptors (Lipinski definition) is 3. The van der Waals surface area contributed by atoms with Crippen LogP contribution in [0.15, 0.2) is 17.1 Å². The van der Waals surface area contributed by atoms with Gasteiger partial charge in [-0.15, -0.1) is 0 Å². The molecule has 0 saturated heterocycles. The lowest BCUT2D eigenvalue weighted by molar-refractivity contribution is 0.492. The van der Waals surface area contributed by atoms with Crippen molar-refractivity contribution in [2.75, 3.05) is 12.8 Å². The van der Waals surface area contributed by atoms with Crippen LogP contribution in [0.5, 0.6) is 0 Å². The molecule has 0 radical (unpaired) electrons. The minimum absolute atomic E-state index is 0.655. The van der Waals surface area contributed by atoms with Gasteiger partial charge in [0.25, 0.3) is 0 Å². The molecular formula is C10H15N3S. The fraction of sp³-hybridized carbons (Fsp3) is 0.600. The van der Waals surface area contributed by atoms with Gasteiger partial charge in [0.2, 0.25) is 0 Å². The molecule has 4 heteroatoms. The molecule has 1 N–H and O–H groups in total. The topological polar surface area (TPSA) is 48.2 Å². The van der Waals surface area contributed by atoms with Crippen molar-refractivity contribution < 1.29 is 0 Å². The van der Waals surface area contributed by atoms with Crippen molar-refractivity contribution in [3.05, 3.63) is 12.2 Å². The molecule has 0 spiro atoms. The first-order chi connectivity index (χ1) is 6.86. The second-order valence-electron chi connectivity index (χ2n) is 3.24. The van der Waals surface area contributed by atoms with E-state index in [9.17, 15) is 0 Å². The van der Waals surface area contributed by atoms with E-state index in [1.807, 2.05) is 12.4 Å². The largest absolute Gasteiger partial charge is 0.272 e. The Morgan fingerprint density at radius 2 is 2.57 bits per heavy atom. The molecule has 0 aliphatic heterocycles. The standard InChI is InChI=1S/C10H15N3S/c1-14-10(13-8-11)12-7-9-5-3-2-4-6-9/h2-3,9H,4-7H2,1H3,(H,12,13). The summed E-state index contributed by atoms with van der Waals surface area (Å²) in [7, 11) is 0. The predicted molar refractivity (Wildman–Crippen MR) is 61.0 cm³/mol. The van der Waals surface area contributed by atoms with Crippen molar-refractivity contribution in [2.45, 2.75) is 19.3 Å². The second kappa shape index (κ2) is 6.50. The molecule has 1 atom stereocenters. The van der Waals surface area contributed by atoms with E-state index in [0.717, 1.165) is 18.1 Å². The van der Waals surface area contributed by atoms with Crippen LogP contribution in [-0.4, -0.2) is 18.0 Å². The molecule has 3 nitrogen and oxygen atoms in total. The fourth-order valence-electron chi connectivity index (χ4n) is 1.44. The van der Waals surface area contributed by atoms with E-state index < -0.39 is 0 Å². The van der Waals surface area contributed by atoms with E-state index in [2.05, 4.69) is 22.5 Å². The Kier molecular flexibility index (Phi) is 5.16. The first-order valence-corrected chi connectivity index (χ1v) is 5.98. The quantitative estimate of drug-likeness (QED) is 0.249. The SMILES string of the molecule is CSC(=NCC1CC=CCC1)NC#N. The first kappa shape index (κ1) is 11.1. The Hall–Kier alpha value is -0.950. The maximum Gasteiger partial charge on any atom is 0.183 e. The van der Waals surface area contributed by atoms with Gasteiger partial charge in [0.15, 0.2) is 11.4 Å². The normalized spacial score (nSPS) is 21.7. The van der Waals surface area contributed by atoms with Gasteiger partial charge in [0.05, 0.1) is 0 Å². The van der Waals surface area contributed by atoms with E-state index in [1.165, 1.54) is 24.6 Å². The average Bonchev–Trinajstić information content (AvgIpc) is 2.25. The smallest absolute Gasteiger partial charge is 0.183 e. The molecule has 76 valence electrons. The number of amidine groups is 1. The Bertz CT molecular complexity index is 265. The van der Waals surface area contributed by atoms with Gasteiger partial charge >= 0.3 is 0 Å². The molecule has 1 unspecified atom stereocenters. The molecule has 0 amide bonds. The Morgan fingerprint density at radius 1 is 1.71 bits per heavy atom. The zero-order valence-corrected chi connectivity index (χ0v) is 9.18. The Morgan fingerprint density at radius 3 is 3.14 bits per heavy atom. The van der Waals surface area contributed by atoms with Crippen molar-refractivity contribution in [1.29, 1.82) is 5.26 Å². The molecule has 0 aromatic heterocycles. The molecule has 1 aliphatic rings. The number of allylic oxidation sites excluding steroid dienone is 2. The summed E-state index contributed by atoms with van der Waals surface area (Å²) in [6.45, 7) is 0.829. The summed E-state index contributed by atoms with van der Waals surface area (Å²) in [4.78, 5) is 4.37. The molecular weight excluding hydrogens is 194 g/mol. The van der Waals surface area contributed by atoms with E-state index >= 15 is 0 Å². The highest BCUT2D eigenvalue weighted by molar-refractivity contribution is 8.13. The highest BCUT2D eigenvalue weighted by Gasteiger charge is 2.09. The van der Waals surface area contributed by atoms with Crippen LogP contribution in [0.25, 0.3) is 0 Å². The van der Waals surface area contributed by atoms with Crippen molar-refractivity contribution >= 4 is 16.9 Å². The van der Waals surface area contributed by atoms with Gasteiger partial charge in [-0.05, 0) is 31.4 Å². The summed E-state index contributed by atoms with van der Waals surface area (Å²) in [5, 5.41) is 11.7. The summed E-state index contributed by atoms with van der Waals surface area (Å²) in [5.74, 6) is 0.655. The van der Waals surface area contributed by atoms with Crippen LogP contribution >= 0.6 is 11.8 Å². The summed E-state index contributed by atoms with van der Waals surface area (Å²) < 4.78 is 0. The maximum absolute atomic E-state index is 8.44. The van der Waals surface area contributed by atoms with Crippen molar-refractivity contribution in [3.63, 3.8) is 0 Å². The monoisotopic (exact) mass is 209 g/mol. The molecule has 0 heterocycles. The lowest BCUT2D eigenvalue weighted by atomic mass is 9.95. The first-order valence-electron chi connectivity index (χ1n) is 4.75. The van der Waals surface area contributed by atoms with Crippen LogP contribution in [0, 0.1) is 17.4 Å². The zero-order chi connectivity index (χ0) is 10.2. The number of hydrogen-bond donors (Lipinski definition) is 1. The van der Waals surface area contributed by atoms with Gasteiger partial charge < -0.3 is 0 Å². The molecule has 1 rings (SSSR count). The number of thioether (sulfide) groups is 1. The summed E-state index contributed by atoms with van der Waals surface area (Å²) in [6, 6.07) is 0. The highest BCUT2D eigenvalue weighted by atomic mass is 32.2. The molecule has 0 aromatic rings. The minimum Gasteiger partial charge on any atom is -0.272 e. The van der Waals surface area contributed by atoms with Crippen LogP contribution in [0.2, 0.25) is 0 Å². The summed E-state index contributed by atoms with van der Waals surface area (Å²) in [6.07, 6.45) is 11.8. The maximum atomic E-state index is 8.44. The van der Waals surface area contributed by atoms with Gasteiger partial charge in [0, 0.05) is 6.54 Å². The van der Waals surface area contributed by atoms with E-state index in [-0.39, 0.29) is 0 Å². The van der Waals surface area contributed by atoms with Crippen LogP contribution in [0.3, 0.4) is 0 Å². The van der Waals surface area contributed by atoms with Crippen molar-refractivity contribution in [2.24, 2.45) is 10.9 Å². The molecule has 0 bridgehead atoms. The predicted octanol–water partition coefficient (Wildman–Crippen LogP) is 2.13. The summed E-state index contributed by atoms with van der Waals surface area (Å²) in [5.41, 5.74) is 0. The Balaban J connectivity index is 2.36. The number of aliphatic imine (C=N–C) groups is 1. The Labute approximate surface area is 89.3 Å². The van der Waals surface area contributed by atoms with Gasteiger partial charge in [-0.3, -0.25) is 10.3 Å². The number of nitrogens with one attached hydrogen (secondary N) is 1. The van der Waals surface area contributed by atoms with Crippen LogP contribution in [0.4, 0.5) is 0 Å². The van der Waals surface area contributed by atoms with Gasteiger partial charge in [0.1, 0.15) is 0 Å². The molecule has 1 aliphatic carbocycles. The average molecular weight is 209 g/mol. The number of nitrogens with zero attached hydrogens (tertiary/aromatic N) is 2. The van der Waals surface area contributed by atoms with Crippen LogP contribution in [0.1, 0.15) is 19.3 Å². The lowest BCUT2D eigenvalue weighted by Gasteiger charge is -2.15. The third kappa shape index (κ3) is 3.84. The highest BCUT2D eigenvalue weighted by Crippen LogP contribution is 2.18. The lowest BCUT2D eigenvalue weighted by Crippen LogP contribution is -2.16. The third-order valence-electron chi connectivity index (χ3n) is 2.23. The molecule has 0 fully saturated rings. The molecule has 14 heavy (non-hydrogen) atoms. The number of nitriles is 1. The fourth-order valence-corrected chi connectivity index (χ4v) is 1.79. The second-order valence-corrected chi connectivity index (χ2v) is 4.03. The summed E-state index contributed by atoms with van der Waals surface area (Å²) >= 11 is 1.48. The molecule has 0 saturated carbocycles. The zero-order valence-electron chi connectivity index (χ0n) is 8.36. The van der Waals surface area contributed by atoms with Gasteiger partial charge in [-0.25, -0.2) is 0 Å². The van der Waals surface area contributed by atoms with E-state index in [4.69, 9.17) is 5.26 Å².